The normalized spacial score (nSPS) is 14.1. The summed E-state index contributed by atoms with van der Waals surface area (Å²) in [5.41, 5.74) is 2.66. The summed E-state index contributed by atoms with van der Waals surface area (Å²) >= 11 is 0. The van der Waals surface area contributed by atoms with Crippen LogP contribution in [0.2, 0.25) is 0 Å². The summed E-state index contributed by atoms with van der Waals surface area (Å²) in [7, 11) is -2.13. The van der Waals surface area contributed by atoms with Gasteiger partial charge in [-0.15, -0.1) is 10.2 Å². The quantitative estimate of drug-likeness (QED) is 0.390. The molecule has 2 aromatic carbocycles. The molecule has 1 aliphatic rings. The molecule has 1 aliphatic heterocycles. The van der Waals surface area contributed by atoms with Gasteiger partial charge in [-0.3, -0.25) is 4.79 Å². The van der Waals surface area contributed by atoms with Crippen LogP contribution in [0.5, 0.6) is 5.75 Å². The second kappa shape index (κ2) is 12.4. The molecule has 2 heterocycles. The average Bonchev–Trinajstić information content (AvgIpc) is 2.95. The summed E-state index contributed by atoms with van der Waals surface area (Å²) in [6, 6.07) is 18.3. The van der Waals surface area contributed by atoms with Crippen molar-refractivity contribution in [2.45, 2.75) is 31.6 Å². The molecule has 1 aromatic heterocycles. The van der Waals surface area contributed by atoms with Crippen LogP contribution in [-0.2, 0) is 14.8 Å². The molecule has 0 unspecified atom stereocenters. The maximum atomic E-state index is 13.3. The van der Waals surface area contributed by atoms with Crippen molar-refractivity contribution in [1.29, 1.82) is 0 Å². The summed E-state index contributed by atoms with van der Waals surface area (Å²) in [5, 5.41) is 8.78. The third kappa shape index (κ3) is 6.49. The first-order valence-corrected chi connectivity index (χ1v) is 14.3. The first kappa shape index (κ1) is 27.5. The number of unbranched alkanes of at least 4 members (excludes halogenated alkanes) is 1. The van der Waals surface area contributed by atoms with E-state index in [1.54, 1.807) is 36.3 Å². The van der Waals surface area contributed by atoms with Crippen LogP contribution in [0.4, 0.5) is 5.82 Å². The summed E-state index contributed by atoms with van der Waals surface area (Å²) in [5.74, 6) is 1.32. The van der Waals surface area contributed by atoms with Gasteiger partial charge in [0, 0.05) is 38.3 Å². The second-order valence-corrected chi connectivity index (χ2v) is 11.3. The Bertz CT molecular complexity index is 1320. The van der Waals surface area contributed by atoms with E-state index in [4.69, 9.17) is 4.74 Å². The van der Waals surface area contributed by atoms with Crippen LogP contribution in [0.15, 0.2) is 65.6 Å². The van der Waals surface area contributed by atoms with Crippen molar-refractivity contribution >= 4 is 21.7 Å². The first-order valence-electron chi connectivity index (χ1n) is 12.9. The van der Waals surface area contributed by atoms with Gasteiger partial charge >= 0.3 is 0 Å². The van der Waals surface area contributed by atoms with E-state index in [-0.39, 0.29) is 17.3 Å². The third-order valence-corrected chi connectivity index (χ3v) is 8.56. The highest BCUT2D eigenvalue weighted by molar-refractivity contribution is 7.89. The number of rotatable bonds is 10. The number of hydrogen-bond acceptors (Lipinski definition) is 7. The number of anilines is 1. The van der Waals surface area contributed by atoms with E-state index in [0.29, 0.717) is 39.1 Å². The molecule has 1 amide bonds. The summed E-state index contributed by atoms with van der Waals surface area (Å²) in [6.07, 6.45) is 1.53. The molecular weight excluding hydrogens is 502 g/mol. The van der Waals surface area contributed by atoms with Gasteiger partial charge in [0.05, 0.1) is 24.2 Å². The van der Waals surface area contributed by atoms with Crippen LogP contribution in [0.3, 0.4) is 0 Å². The van der Waals surface area contributed by atoms with E-state index < -0.39 is 10.0 Å². The van der Waals surface area contributed by atoms with Gasteiger partial charge in [0.15, 0.2) is 5.82 Å². The monoisotopic (exact) mass is 537 g/mol. The number of benzene rings is 2. The number of aryl methyl sites for hydroxylation is 1. The zero-order valence-corrected chi connectivity index (χ0v) is 23.0. The largest absolute Gasteiger partial charge is 0.497 e. The highest BCUT2D eigenvalue weighted by Gasteiger charge is 2.29. The van der Waals surface area contributed by atoms with Crippen LogP contribution >= 0.6 is 0 Å². The Morgan fingerprint density at radius 3 is 2.37 bits per heavy atom. The third-order valence-electron chi connectivity index (χ3n) is 6.70. The van der Waals surface area contributed by atoms with Crippen molar-refractivity contribution in [3.05, 3.63) is 66.2 Å². The van der Waals surface area contributed by atoms with Crippen molar-refractivity contribution < 1.29 is 17.9 Å². The number of ether oxygens (including phenoxy) is 1. The lowest BCUT2D eigenvalue weighted by atomic mass is 10.1. The molecule has 0 atom stereocenters. The average molecular weight is 538 g/mol. The Morgan fingerprint density at radius 2 is 1.74 bits per heavy atom. The molecule has 0 bridgehead atoms. The fourth-order valence-electron chi connectivity index (χ4n) is 4.34. The van der Waals surface area contributed by atoms with Crippen molar-refractivity contribution in [2.75, 3.05) is 51.3 Å². The van der Waals surface area contributed by atoms with Crippen molar-refractivity contribution in [3.63, 3.8) is 0 Å². The number of nitrogens with zero attached hydrogens (tertiary/aromatic N) is 5. The van der Waals surface area contributed by atoms with E-state index in [1.165, 1.54) is 4.31 Å². The number of sulfonamides is 1. The van der Waals surface area contributed by atoms with Gasteiger partial charge in [-0.25, -0.2) is 8.42 Å². The van der Waals surface area contributed by atoms with E-state index >= 15 is 0 Å². The SMILES string of the molecule is CCCCN(CC(=O)N1CCN(c2ccc(-c3cccc(OC)c3)nn2)CC1)S(=O)(=O)c1ccc(C)cc1. The van der Waals surface area contributed by atoms with E-state index in [0.717, 1.165) is 34.8 Å². The molecule has 3 aromatic rings. The van der Waals surface area contributed by atoms with E-state index in [2.05, 4.69) is 15.1 Å². The molecule has 0 N–H and O–H groups in total. The van der Waals surface area contributed by atoms with Gasteiger partial charge < -0.3 is 14.5 Å². The number of carbonyl (C=O) groups is 1. The molecule has 202 valence electrons. The molecule has 1 fully saturated rings. The van der Waals surface area contributed by atoms with Crippen LogP contribution in [0, 0.1) is 6.92 Å². The Morgan fingerprint density at radius 1 is 1.00 bits per heavy atom. The second-order valence-electron chi connectivity index (χ2n) is 9.38. The van der Waals surface area contributed by atoms with Crippen LogP contribution in [0.1, 0.15) is 25.3 Å². The number of hydrogen-bond donors (Lipinski definition) is 0. The standard InChI is InChI=1S/C28H35N5O4S/c1-4-5-15-33(38(35,36)25-11-9-22(2)10-12-25)21-28(34)32-18-16-31(17-19-32)27-14-13-26(29-30-27)23-7-6-8-24(20-23)37-3/h6-14,20H,4-5,15-19,21H2,1-3H3. The number of piperazine rings is 1. The Hall–Kier alpha value is -3.50. The molecule has 9 nitrogen and oxygen atoms in total. The minimum Gasteiger partial charge on any atom is -0.497 e. The van der Waals surface area contributed by atoms with Crippen molar-refractivity contribution in [2.24, 2.45) is 0 Å². The van der Waals surface area contributed by atoms with Gasteiger partial charge in [0.1, 0.15) is 5.75 Å². The molecule has 0 radical (unpaired) electrons. The molecule has 38 heavy (non-hydrogen) atoms. The maximum Gasteiger partial charge on any atom is 0.243 e. The van der Waals surface area contributed by atoms with Gasteiger partial charge in [0.2, 0.25) is 15.9 Å². The number of carbonyl (C=O) groups excluding carboxylic acids is 1. The van der Waals surface area contributed by atoms with Crippen LogP contribution in [0.25, 0.3) is 11.3 Å². The Labute approximate surface area is 225 Å². The molecular formula is C28H35N5O4S. The van der Waals surface area contributed by atoms with E-state index in [1.807, 2.05) is 50.2 Å². The molecule has 1 saturated heterocycles. The molecule has 10 heteroatoms. The van der Waals surface area contributed by atoms with Crippen molar-refractivity contribution in [3.8, 4) is 17.0 Å². The summed E-state index contributed by atoms with van der Waals surface area (Å²) < 4.78 is 33.2. The zero-order valence-electron chi connectivity index (χ0n) is 22.2. The minimum atomic E-state index is -3.76. The predicted molar refractivity (Wildman–Crippen MR) is 148 cm³/mol. The van der Waals surface area contributed by atoms with E-state index in [9.17, 15) is 13.2 Å². The number of methoxy groups -OCH3 is 1. The maximum absolute atomic E-state index is 13.3. The Balaban J connectivity index is 1.37. The van der Waals surface area contributed by atoms with Gasteiger partial charge in [0.25, 0.3) is 0 Å². The molecule has 4 rings (SSSR count). The highest BCUT2D eigenvalue weighted by atomic mass is 32.2. The minimum absolute atomic E-state index is 0.161. The van der Waals surface area contributed by atoms with Gasteiger partial charge in [-0.1, -0.05) is 43.2 Å². The lowest BCUT2D eigenvalue weighted by Gasteiger charge is -2.36. The Kier molecular flexibility index (Phi) is 8.96. The predicted octanol–water partition coefficient (Wildman–Crippen LogP) is 3.60. The van der Waals surface area contributed by atoms with Crippen LogP contribution < -0.4 is 9.64 Å². The zero-order chi connectivity index (χ0) is 27.1. The molecule has 0 saturated carbocycles. The lowest BCUT2D eigenvalue weighted by molar-refractivity contribution is -0.131. The van der Waals surface area contributed by atoms with Crippen molar-refractivity contribution in [1.82, 2.24) is 19.4 Å². The highest BCUT2D eigenvalue weighted by Crippen LogP contribution is 2.23. The van der Waals surface area contributed by atoms with Crippen LogP contribution in [-0.4, -0.2) is 80.1 Å². The summed E-state index contributed by atoms with van der Waals surface area (Å²) in [4.78, 5) is 17.2. The smallest absolute Gasteiger partial charge is 0.243 e. The number of aromatic nitrogens is 2. The summed E-state index contributed by atoms with van der Waals surface area (Å²) in [6.45, 7) is 6.24. The fraction of sp³-hybridized carbons (Fsp3) is 0.393. The van der Waals surface area contributed by atoms with Gasteiger partial charge in [-0.05, 0) is 49.7 Å². The molecule has 0 aliphatic carbocycles. The lowest BCUT2D eigenvalue weighted by Crippen LogP contribution is -2.52. The fourth-order valence-corrected chi connectivity index (χ4v) is 5.77. The first-order chi connectivity index (χ1) is 18.3. The number of amides is 1. The van der Waals surface area contributed by atoms with Gasteiger partial charge in [-0.2, -0.15) is 4.31 Å². The molecule has 0 spiro atoms. The topological polar surface area (TPSA) is 95.9 Å².